The second-order valence-corrected chi connectivity index (χ2v) is 7.59. The molecule has 1 heterocycles. The lowest BCUT2D eigenvalue weighted by Crippen LogP contribution is -2.13. The standard InChI is InChI=1S/C21H14Br2N2O2/c1-13-2-5-16(6-3-13)25-21(26)14(12-24)10-17-7-9-20(27-17)18-11-15(22)4-8-19(18)23/h2-11H,1H3,(H,25,26)/b14-10+. The van der Waals surface area contributed by atoms with Gasteiger partial charge in [0.15, 0.2) is 0 Å². The topological polar surface area (TPSA) is 66.0 Å². The summed E-state index contributed by atoms with van der Waals surface area (Å²) >= 11 is 6.93. The van der Waals surface area contributed by atoms with E-state index in [9.17, 15) is 10.1 Å². The van der Waals surface area contributed by atoms with Gasteiger partial charge in [0.2, 0.25) is 0 Å². The summed E-state index contributed by atoms with van der Waals surface area (Å²) in [5, 5.41) is 12.1. The average molecular weight is 486 g/mol. The van der Waals surface area contributed by atoms with Crippen LogP contribution in [0.1, 0.15) is 11.3 Å². The van der Waals surface area contributed by atoms with Gasteiger partial charge in [-0.15, -0.1) is 0 Å². The Kier molecular flexibility index (Phi) is 5.94. The molecule has 0 aliphatic carbocycles. The first kappa shape index (κ1) is 19.2. The molecule has 3 aromatic rings. The van der Waals surface area contributed by atoms with Crippen molar-refractivity contribution in [2.75, 3.05) is 5.32 Å². The molecule has 0 fully saturated rings. The van der Waals surface area contributed by atoms with Crippen molar-refractivity contribution < 1.29 is 9.21 Å². The first-order valence-electron chi connectivity index (χ1n) is 8.01. The molecule has 0 saturated carbocycles. The maximum atomic E-state index is 12.4. The molecule has 27 heavy (non-hydrogen) atoms. The fourth-order valence-electron chi connectivity index (χ4n) is 2.39. The number of anilines is 1. The van der Waals surface area contributed by atoms with Crippen LogP contribution in [0.15, 0.2) is 73.5 Å². The maximum Gasteiger partial charge on any atom is 0.266 e. The van der Waals surface area contributed by atoms with E-state index in [0.717, 1.165) is 20.1 Å². The van der Waals surface area contributed by atoms with E-state index >= 15 is 0 Å². The highest BCUT2D eigenvalue weighted by molar-refractivity contribution is 9.11. The first-order chi connectivity index (χ1) is 13.0. The zero-order valence-corrected chi connectivity index (χ0v) is 17.5. The van der Waals surface area contributed by atoms with E-state index in [1.165, 1.54) is 6.08 Å². The van der Waals surface area contributed by atoms with E-state index in [-0.39, 0.29) is 5.57 Å². The van der Waals surface area contributed by atoms with Crippen LogP contribution in [0.25, 0.3) is 17.4 Å². The summed E-state index contributed by atoms with van der Waals surface area (Å²) in [4.78, 5) is 12.4. The average Bonchev–Trinajstić information content (AvgIpc) is 3.12. The second-order valence-electron chi connectivity index (χ2n) is 5.82. The minimum atomic E-state index is -0.483. The number of benzene rings is 2. The van der Waals surface area contributed by atoms with Gasteiger partial charge in [0.05, 0.1) is 0 Å². The third-order valence-electron chi connectivity index (χ3n) is 3.78. The Morgan fingerprint density at radius 1 is 1.11 bits per heavy atom. The third kappa shape index (κ3) is 4.76. The number of halogens is 2. The summed E-state index contributed by atoms with van der Waals surface area (Å²) in [6.07, 6.45) is 1.43. The second kappa shape index (κ2) is 8.38. The number of rotatable bonds is 4. The van der Waals surface area contributed by atoms with Gasteiger partial charge >= 0.3 is 0 Å². The van der Waals surface area contributed by atoms with E-state index in [2.05, 4.69) is 37.2 Å². The molecule has 0 unspecified atom stereocenters. The van der Waals surface area contributed by atoms with Crippen LogP contribution in [0, 0.1) is 18.3 Å². The van der Waals surface area contributed by atoms with Crippen LogP contribution < -0.4 is 5.32 Å². The third-order valence-corrected chi connectivity index (χ3v) is 4.97. The largest absolute Gasteiger partial charge is 0.457 e. The number of hydrogen-bond acceptors (Lipinski definition) is 3. The first-order valence-corrected chi connectivity index (χ1v) is 9.60. The Hall–Kier alpha value is -2.62. The summed E-state index contributed by atoms with van der Waals surface area (Å²) in [5.74, 6) is 0.570. The number of aryl methyl sites for hydroxylation is 1. The van der Waals surface area contributed by atoms with Gasteiger partial charge in [-0.05, 0) is 49.4 Å². The molecule has 134 valence electrons. The Balaban J connectivity index is 1.83. The number of furan rings is 1. The molecule has 1 N–H and O–H groups in total. The summed E-state index contributed by atoms with van der Waals surface area (Å²) in [6.45, 7) is 1.96. The maximum absolute atomic E-state index is 12.4. The van der Waals surface area contributed by atoms with Crippen LogP contribution in [0.4, 0.5) is 5.69 Å². The zero-order chi connectivity index (χ0) is 19.4. The molecule has 1 amide bonds. The van der Waals surface area contributed by atoms with Crippen LogP contribution in [-0.2, 0) is 4.79 Å². The minimum Gasteiger partial charge on any atom is -0.457 e. The van der Waals surface area contributed by atoms with Gasteiger partial charge in [-0.25, -0.2) is 0 Å². The van der Waals surface area contributed by atoms with Crippen molar-refractivity contribution in [3.63, 3.8) is 0 Å². The van der Waals surface area contributed by atoms with Crippen molar-refractivity contribution in [2.24, 2.45) is 0 Å². The fourth-order valence-corrected chi connectivity index (χ4v) is 3.19. The van der Waals surface area contributed by atoms with E-state index in [1.807, 2.05) is 43.3 Å². The molecule has 0 saturated heterocycles. The number of carbonyl (C=O) groups excluding carboxylic acids is 1. The van der Waals surface area contributed by atoms with Crippen molar-refractivity contribution in [1.82, 2.24) is 0 Å². The SMILES string of the molecule is Cc1ccc(NC(=O)/C(C#N)=C/c2ccc(-c3cc(Br)ccc3Br)o2)cc1. The van der Waals surface area contributed by atoms with E-state index in [0.29, 0.717) is 17.2 Å². The molecule has 6 heteroatoms. The monoisotopic (exact) mass is 484 g/mol. The number of amides is 1. The molecule has 0 radical (unpaired) electrons. The lowest BCUT2D eigenvalue weighted by Gasteiger charge is -2.04. The summed E-state index contributed by atoms with van der Waals surface area (Å²) in [7, 11) is 0. The van der Waals surface area contributed by atoms with Gasteiger partial charge in [-0.1, -0.05) is 49.6 Å². The number of nitrogens with zero attached hydrogens (tertiary/aromatic N) is 1. The van der Waals surface area contributed by atoms with Crippen molar-refractivity contribution >= 4 is 49.5 Å². The lowest BCUT2D eigenvalue weighted by atomic mass is 10.2. The van der Waals surface area contributed by atoms with Gasteiger partial charge in [0, 0.05) is 26.3 Å². The minimum absolute atomic E-state index is 0.0372. The number of hydrogen-bond donors (Lipinski definition) is 1. The van der Waals surface area contributed by atoms with E-state index in [1.54, 1.807) is 24.3 Å². The molecular weight excluding hydrogens is 472 g/mol. The van der Waals surface area contributed by atoms with Crippen LogP contribution in [-0.4, -0.2) is 5.91 Å². The summed E-state index contributed by atoms with van der Waals surface area (Å²) < 4.78 is 7.60. The molecular formula is C21H14Br2N2O2. The smallest absolute Gasteiger partial charge is 0.266 e. The summed E-state index contributed by atoms with van der Waals surface area (Å²) in [6, 6.07) is 18.5. The molecule has 0 aliphatic heterocycles. The molecule has 2 aromatic carbocycles. The molecule has 1 aromatic heterocycles. The Morgan fingerprint density at radius 3 is 2.56 bits per heavy atom. The highest BCUT2D eigenvalue weighted by Crippen LogP contribution is 2.32. The van der Waals surface area contributed by atoms with Crippen molar-refractivity contribution in [1.29, 1.82) is 5.26 Å². The Bertz CT molecular complexity index is 1060. The Morgan fingerprint density at radius 2 is 1.85 bits per heavy atom. The normalized spacial score (nSPS) is 11.1. The van der Waals surface area contributed by atoms with E-state index < -0.39 is 5.91 Å². The van der Waals surface area contributed by atoms with Gasteiger partial charge in [-0.3, -0.25) is 4.79 Å². The molecule has 0 spiro atoms. The van der Waals surface area contributed by atoms with Gasteiger partial charge < -0.3 is 9.73 Å². The lowest BCUT2D eigenvalue weighted by molar-refractivity contribution is -0.112. The Labute approximate surface area is 173 Å². The van der Waals surface area contributed by atoms with Crippen LogP contribution in [0.2, 0.25) is 0 Å². The van der Waals surface area contributed by atoms with Crippen LogP contribution in [0.5, 0.6) is 0 Å². The van der Waals surface area contributed by atoms with Crippen LogP contribution in [0.3, 0.4) is 0 Å². The van der Waals surface area contributed by atoms with Crippen LogP contribution >= 0.6 is 31.9 Å². The highest BCUT2D eigenvalue weighted by Gasteiger charge is 2.13. The van der Waals surface area contributed by atoms with Crippen molar-refractivity contribution in [2.45, 2.75) is 6.92 Å². The predicted octanol–water partition coefficient (Wildman–Crippen LogP) is 6.33. The zero-order valence-electron chi connectivity index (χ0n) is 14.3. The quantitative estimate of drug-likeness (QED) is 0.347. The molecule has 0 aliphatic rings. The van der Waals surface area contributed by atoms with Crippen molar-refractivity contribution in [3.8, 4) is 17.4 Å². The predicted molar refractivity (Wildman–Crippen MR) is 113 cm³/mol. The molecule has 0 bridgehead atoms. The van der Waals surface area contributed by atoms with Gasteiger partial charge in [-0.2, -0.15) is 5.26 Å². The van der Waals surface area contributed by atoms with Crippen molar-refractivity contribution in [3.05, 3.63) is 80.4 Å². The molecule has 0 atom stereocenters. The van der Waals surface area contributed by atoms with Gasteiger partial charge in [0.25, 0.3) is 5.91 Å². The van der Waals surface area contributed by atoms with E-state index in [4.69, 9.17) is 4.42 Å². The number of carbonyl (C=O) groups is 1. The fraction of sp³-hybridized carbons (Fsp3) is 0.0476. The highest BCUT2D eigenvalue weighted by atomic mass is 79.9. The number of nitrogens with one attached hydrogen (secondary N) is 1. The molecule has 3 rings (SSSR count). The van der Waals surface area contributed by atoms with Gasteiger partial charge in [0.1, 0.15) is 23.2 Å². The summed E-state index contributed by atoms with van der Waals surface area (Å²) in [5.41, 5.74) is 2.55. The number of nitriles is 1. The molecule has 4 nitrogen and oxygen atoms in total.